The van der Waals surface area contributed by atoms with Crippen LogP contribution in [0.3, 0.4) is 0 Å². The van der Waals surface area contributed by atoms with Crippen LogP contribution in [0.25, 0.3) is 0 Å². The van der Waals surface area contributed by atoms with Gasteiger partial charge in [0, 0.05) is 22.7 Å². The van der Waals surface area contributed by atoms with E-state index in [1.165, 1.54) is 0 Å². The molecule has 0 radical (unpaired) electrons. The van der Waals surface area contributed by atoms with E-state index in [1.54, 1.807) is 109 Å². The minimum absolute atomic E-state index is 0.102. The number of Topliss-reactive ketones (excluding diaryl/α,β-unsaturated/α-hetero) is 2. The summed E-state index contributed by atoms with van der Waals surface area (Å²) in [6, 6.07) is 34.6. The number of nitrogens with one attached hydrogen (secondary N) is 4. The van der Waals surface area contributed by atoms with Crippen LogP contribution in [-0.2, 0) is 0 Å². The van der Waals surface area contributed by atoms with Gasteiger partial charge in [0.2, 0.25) is 11.6 Å². The van der Waals surface area contributed by atoms with Crippen molar-refractivity contribution >= 4 is 45.7 Å². The molecule has 6 rings (SSSR count). The first-order valence-electron chi connectivity index (χ1n) is 13.2. The summed E-state index contributed by atoms with van der Waals surface area (Å²) in [6.07, 6.45) is 0. The number of carbonyl (C=O) groups is 2. The van der Waals surface area contributed by atoms with E-state index >= 15 is 8.78 Å². The highest BCUT2D eigenvalue weighted by molar-refractivity contribution is 6.32. The molecule has 6 nitrogen and oxygen atoms in total. The monoisotopic (exact) mass is 558 g/mol. The smallest absolute Gasteiger partial charge is 0.214 e. The van der Waals surface area contributed by atoms with E-state index in [1.807, 2.05) is 12.1 Å². The zero-order valence-corrected chi connectivity index (χ0v) is 22.1. The lowest BCUT2D eigenvalue weighted by Crippen LogP contribution is -2.32. The average molecular weight is 559 g/mol. The van der Waals surface area contributed by atoms with Crippen molar-refractivity contribution in [2.75, 3.05) is 21.3 Å². The van der Waals surface area contributed by atoms with E-state index < -0.39 is 34.6 Å². The van der Waals surface area contributed by atoms with Crippen molar-refractivity contribution in [1.29, 1.82) is 0 Å². The molecular weight excluding hydrogens is 534 g/mol. The van der Waals surface area contributed by atoms with Crippen LogP contribution in [0.5, 0.6) is 0 Å². The van der Waals surface area contributed by atoms with E-state index in [0.29, 0.717) is 22.7 Å². The molecule has 0 atom stereocenters. The topological polar surface area (TPSA) is 82.3 Å². The minimum Gasteiger partial charge on any atom is -0.352 e. The van der Waals surface area contributed by atoms with E-state index in [2.05, 4.69) is 21.3 Å². The molecule has 0 aliphatic heterocycles. The largest absolute Gasteiger partial charge is 0.352 e. The van der Waals surface area contributed by atoms with Crippen LogP contribution < -0.4 is 21.3 Å². The number of hydrogen-bond donors (Lipinski definition) is 4. The molecule has 0 aromatic heterocycles. The molecule has 1 aliphatic rings. The Hall–Kier alpha value is -5.76. The summed E-state index contributed by atoms with van der Waals surface area (Å²) in [7, 11) is 0. The molecule has 0 saturated heterocycles. The molecule has 5 aromatic rings. The van der Waals surface area contributed by atoms with Crippen LogP contribution in [0.4, 0.5) is 42.9 Å². The molecule has 1 aliphatic carbocycles. The van der Waals surface area contributed by atoms with Gasteiger partial charge >= 0.3 is 0 Å². The number of rotatable bonds is 8. The molecule has 0 fully saturated rings. The van der Waals surface area contributed by atoms with Gasteiger partial charge in [0.05, 0.1) is 22.5 Å². The zero-order valence-electron chi connectivity index (χ0n) is 22.1. The Morgan fingerprint density at radius 2 is 0.643 bits per heavy atom. The molecular formula is C34H24F2N4O2. The number of benzene rings is 5. The lowest BCUT2D eigenvalue weighted by Gasteiger charge is -2.28. The van der Waals surface area contributed by atoms with Gasteiger partial charge in [-0.15, -0.1) is 0 Å². The molecule has 42 heavy (non-hydrogen) atoms. The number of anilines is 6. The molecule has 0 heterocycles. The van der Waals surface area contributed by atoms with Gasteiger partial charge in [-0.25, -0.2) is 8.78 Å². The van der Waals surface area contributed by atoms with Crippen molar-refractivity contribution < 1.29 is 18.4 Å². The van der Waals surface area contributed by atoms with Gasteiger partial charge in [0.25, 0.3) is 0 Å². The molecule has 206 valence electrons. The second-order valence-electron chi connectivity index (χ2n) is 9.50. The first kappa shape index (κ1) is 26.5. The Morgan fingerprint density at radius 3 is 0.929 bits per heavy atom. The van der Waals surface area contributed by atoms with Crippen molar-refractivity contribution in [3.05, 3.63) is 155 Å². The van der Waals surface area contributed by atoms with E-state index in [4.69, 9.17) is 0 Å². The van der Waals surface area contributed by atoms with Crippen molar-refractivity contribution in [3.63, 3.8) is 0 Å². The predicted octanol–water partition coefficient (Wildman–Crippen LogP) is 8.27. The second kappa shape index (κ2) is 11.4. The summed E-state index contributed by atoms with van der Waals surface area (Å²) < 4.78 is 31.9. The summed E-state index contributed by atoms with van der Waals surface area (Å²) in [5.41, 5.74) is 0.240. The van der Waals surface area contributed by atoms with E-state index in [-0.39, 0.29) is 22.5 Å². The number of para-hydroxylation sites is 4. The third-order valence-electron chi connectivity index (χ3n) is 6.71. The Balaban J connectivity index is 1.59. The maximum Gasteiger partial charge on any atom is 0.214 e. The van der Waals surface area contributed by atoms with E-state index in [9.17, 15) is 9.59 Å². The van der Waals surface area contributed by atoms with Crippen LogP contribution in [0.2, 0.25) is 0 Å². The summed E-state index contributed by atoms with van der Waals surface area (Å²) in [6.45, 7) is 0. The number of halogens is 2. The molecule has 8 heteroatoms. The lowest BCUT2D eigenvalue weighted by molar-refractivity contribution is 0.0977. The highest BCUT2D eigenvalue weighted by Gasteiger charge is 2.40. The van der Waals surface area contributed by atoms with Gasteiger partial charge in [0.15, 0.2) is 11.6 Å². The third-order valence-corrected chi connectivity index (χ3v) is 6.71. The van der Waals surface area contributed by atoms with Crippen molar-refractivity contribution in [2.45, 2.75) is 0 Å². The van der Waals surface area contributed by atoms with Crippen LogP contribution in [0.15, 0.2) is 133 Å². The molecule has 0 spiro atoms. The fraction of sp³-hybridized carbons (Fsp3) is 0. The lowest BCUT2D eigenvalue weighted by atomic mass is 9.86. The average Bonchev–Trinajstić information content (AvgIpc) is 3.03. The summed E-state index contributed by atoms with van der Waals surface area (Å²) in [4.78, 5) is 28.8. The zero-order chi connectivity index (χ0) is 29.1. The van der Waals surface area contributed by atoms with Gasteiger partial charge in [-0.2, -0.15) is 0 Å². The number of carbonyl (C=O) groups excluding carboxylic acids is 2. The van der Waals surface area contributed by atoms with Gasteiger partial charge in [0.1, 0.15) is 11.4 Å². The Morgan fingerprint density at radius 1 is 0.381 bits per heavy atom. The van der Waals surface area contributed by atoms with Crippen LogP contribution >= 0.6 is 0 Å². The molecule has 0 unspecified atom stereocenters. The van der Waals surface area contributed by atoms with Gasteiger partial charge < -0.3 is 21.3 Å². The van der Waals surface area contributed by atoms with Gasteiger partial charge in [-0.3, -0.25) is 9.59 Å². The first-order chi connectivity index (χ1) is 20.5. The summed E-state index contributed by atoms with van der Waals surface area (Å²) in [5, 5.41) is 11.8. The molecule has 0 bridgehead atoms. The fourth-order valence-corrected chi connectivity index (χ4v) is 4.76. The molecule has 4 N–H and O–H groups in total. The number of fused-ring (bicyclic) bond motifs is 1. The van der Waals surface area contributed by atoms with Crippen LogP contribution in [0.1, 0.15) is 20.7 Å². The molecule has 0 amide bonds. The molecule has 5 aromatic carbocycles. The Labute approximate surface area is 240 Å². The number of hydrogen-bond acceptors (Lipinski definition) is 6. The highest BCUT2D eigenvalue weighted by atomic mass is 19.2. The highest BCUT2D eigenvalue weighted by Crippen LogP contribution is 2.42. The number of allylic oxidation sites excluding steroid dienone is 2. The quantitative estimate of drug-likeness (QED) is 0.153. The number of ketones is 2. The maximum atomic E-state index is 15.9. The summed E-state index contributed by atoms with van der Waals surface area (Å²) >= 11 is 0. The van der Waals surface area contributed by atoms with Crippen LogP contribution in [0, 0.1) is 11.6 Å². The molecule has 0 saturated carbocycles. The Bertz CT molecular complexity index is 1680. The predicted molar refractivity (Wildman–Crippen MR) is 162 cm³/mol. The maximum absolute atomic E-state index is 15.9. The van der Waals surface area contributed by atoms with Crippen molar-refractivity contribution in [1.82, 2.24) is 0 Å². The van der Waals surface area contributed by atoms with Crippen molar-refractivity contribution in [2.24, 2.45) is 0 Å². The second-order valence-corrected chi connectivity index (χ2v) is 9.50. The first-order valence-corrected chi connectivity index (χ1v) is 13.2. The SMILES string of the molecule is O=C1C(Nc2ccccc2)=C(Nc2ccccc2)C(=O)c2c(Nc3ccccc3)c(F)c(F)c(Nc3ccccc3)c21. The third kappa shape index (κ3) is 5.09. The van der Waals surface area contributed by atoms with Crippen LogP contribution in [-0.4, -0.2) is 11.6 Å². The summed E-state index contributed by atoms with van der Waals surface area (Å²) in [5.74, 6) is -3.98. The van der Waals surface area contributed by atoms with E-state index in [0.717, 1.165) is 0 Å². The Kier molecular flexibility index (Phi) is 7.17. The van der Waals surface area contributed by atoms with Gasteiger partial charge in [-0.05, 0) is 48.5 Å². The minimum atomic E-state index is -1.30. The standard InChI is InChI=1S/C34H24F2N4O2/c35-27-28(36)30(38-22-15-7-2-8-16-22)26-25(29(27)37-21-13-5-1-6-14-21)33(41)31(39-23-17-9-3-10-18-23)32(34(26)42)40-24-19-11-4-12-20-24/h1-20,37-40H. The van der Waals surface area contributed by atoms with Gasteiger partial charge in [-0.1, -0.05) is 72.8 Å². The normalized spacial score (nSPS) is 12.5. The van der Waals surface area contributed by atoms with Crippen molar-refractivity contribution in [3.8, 4) is 0 Å². The fourth-order valence-electron chi connectivity index (χ4n) is 4.76.